The van der Waals surface area contributed by atoms with Gasteiger partial charge in [-0.1, -0.05) is 24.3 Å². The quantitative estimate of drug-likeness (QED) is 0.358. The number of benzene rings is 2. The number of para-hydroxylation sites is 1. The molecular weight excluding hydrogens is 392 g/mol. The summed E-state index contributed by atoms with van der Waals surface area (Å²) in [6.45, 7) is 1.44. The van der Waals surface area contributed by atoms with Gasteiger partial charge in [0.05, 0.1) is 16.2 Å². The second-order valence-corrected chi connectivity index (χ2v) is 6.79. The van der Waals surface area contributed by atoms with E-state index in [0.717, 1.165) is 5.56 Å². The second-order valence-electron chi connectivity index (χ2n) is 5.93. The minimum Gasteiger partial charge on any atom is -0.326 e. The number of amides is 2. The first kappa shape index (κ1) is 19.9. The molecule has 0 saturated carbocycles. The highest BCUT2D eigenvalue weighted by Gasteiger charge is 2.11. The van der Waals surface area contributed by atoms with Gasteiger partial charge < -0.3 is 5.32 Å². The number of aromatic nitrogens is 1. The Balaban J connectivity index is 1.66. The van der Waals surface area contributed by atoms with E-state index in [1.165, 1.54) is 36.5 Å². The monoisotopic (exact) mass is 408 g/mol. The minimum atomic E-state index is -0.498. The van der Waals surface area contributed by atoms with Crippen LogP contribution < -0.4 is 10.6 Å². The Morgan fingerprint density at radius 2 is 1.83 bits per heavy atom. The van der Waals surface area contributed by atoms with Gasteiger partial charge in [-0.25, -0.2) is 4.98 Å². The predicted molar refractivity (Wildman–Crippen MR) is 113 cm³/mol. The number of hydrogen-bond acceptors (Lipinski definition) is 6. The molecule has 0 atom stereocenters. The van der Waals surface area contributed by atoms with Crippen molar-refractivity contribution < 1.29 is 14.5 Å². The molecule has 0 unspecified atom stereocenters. The number of carbonyl (C=O) groups excluding carboxylic acids is 2. The Kier molecular flexibility index (Phi) is 6.10. The van der Waals surface area contributed by atoms with E-state index >= 15 is 0 Å². The van der Waals surface area contributed by atoms with Gasteiger partial charge in [-0.3, -0.25) is 25.0 Å². The number of hydrogen-bond donors (Lipinski definition) is 2. The third-order valence-corrected chi connectivity index (χ3v) is 4.54. The van der Waals surface area contributed by atoms with Gasteiger partial charge in [0.15, 0.2) is 5.13 Å². The molecule has 0 bridgehead atoms. The fourth-order valence-corrected chi connectivity index (χ4v) is 3.22. The summed E-state index contributed by atoms with van der Waals surface area (Å²) in [5.41, 5.74) is 2.47. The number of anilines is 2. The Morgan fingerprint density at radius 3 is 2.52 bits per heavy atom. The molecule has 29 heavy (non-hydrogen) atoms. The SMILES string of the molecule is CC(=O)Nc1ccc(-c2csc(NC(=O)/C=C/c3ccccc3[N+](=O)[O-])n2)cc1. The summed E-state index contributed by atoms with van der Waals surface area (Å²) < 4.78 is 0. The van der Waals surface area contributed by atoms with E-state index in [-0.39, 0.29) is 11.6 Å². The van der Waals surface area contributed by atoms with Crippen LogP contribution in [0.25, 0.3) is 17.3 Å². The summed E-state index contributed by atoms with van der Waals surface area (Å²) in [4.78, 5) is 38.1. The van der Waals surface area contributed by atoms with E-state index < -0.39 is 10.8 Å². The van der Waals surface area contributed by atoms with Crippen LogP contribution in [0.1, 0.15) is 12.5 Å². The zero-order chi connectivity index (χ0) is 20.8. The molecular formula is C20H16N4O4S. The Hall–Kier alpha value is -3.85. The fourth-order valence-electron chi connectivity index (χ4n) is 2.50. The molecule has 2 aromatic carbocycles. The topological polar surface area (TPSA) is 114 Å². The highest BCUT2D eigenvalue weighted by Crippen LogP contribution is 2.26. The molecule has 3 aromatic rings. The van der Waals surface area contributed by atoms with Gasteiger partial charge in [-0.05, 0) is 24.3 Å². The van der Waals surface area contributed by atoms with Gasteiger partial charge in [0, 0.05) is 35.7 Å². The van der Waals surface area contributed by atoms with E-state index in [0.29, 0.717) is 22.1 Å². The number of nitro benzene ring substituents is 1. The van der Waals surface area contributed by atoms with E-state index in [4.69, 9.17) is 0 Å². The first-order valence-corrected chi connectivity index (χ1v) is 9.36. The maximum atomic E-state index is 12.1. The van der Waals surface area contributed by atoms with Crippen LogP contribution in [0, 0.1) is 10.1 Å². The molecule has 0 saturated heterocycles. The molecule has 0 spiro atoms. The van der Waals surface area contributed by atoms with Crippen LogP contribution in [0.5, 0.6) is 0 Å². The third kappa shape index (κ3) is 5.33. The number of thiazole rings is 1. The zero-order valence-electron chi connectivity index (χ0n) is 15.3. The van der Waals surface area contributed by atoms with Crippen molar-refractivity contribution in [3.63, 3.8) is 0 Å². The third-order valence-electron chi connectivity index (χ3n) is 3.78. The molecule has 2 N–H and O–H groups in total. The summed E-state index contributed by atoms with van der Waals surface area (Å²) >= 11 is 1.26. The van der Waals surface area contributed by atoms with Crippen LogP contribution in [-0.4, -0.2) is 21.7 Å². The summed E-state index contributed by atoms with van der Waals surface area (Å²) in [5, 5.41) is 18.5. The summed E-state index contributed by atoms with van der Waals surface area (Å²) in [6.07, 6.45) is 2.62. The van der Waals surface area contributed by atoms with E-state index in [9.17, 15) is 19.7 Å². The molecule has 1 aromatic heterocycles. The van der Waals surface area contributed by atoms with Gasteiger partial charge in [-0.15, -0.1) is 11.3 Å². The van der Waals surface area contributed by atoms with Crippen molar-refractivity contribution in [2.75, 3.05) is 10.6 Å². The van der Waals surface area contributed by atoms with Gasteiger partial charge in [0.2, 0.25) is 11.8 Å². The zero-order valence-corrected chi connectivity index (χ0v) is 16.1. The average Bonchev–Trinajstić information content (AvgIpc) is 3.15. The lowest BCUT2D eigenvalue weighted by atomic mass is 10.1. The normalized spacial score (nSPS) is 10.7. The van der Waals surface area contributed by atoms with Crippen molar-refractivity contribution in [2.45, 2.75) is 6.92 Å². The molecule has 0 aliphatic rings. The lowest BCUT2D eigenvalue weighted by Gasteiger charge is -2.02. The molecule has 0 radical (unpaired) electrons. The predicted octanol–water partition coefficient (Wildman–Crippen LogP) is 4.33. The maximum Gasteiger partial charge on any atom is 0.276 e. The number of nitrogens with one attached hydrogen (secondary N) is 2. The molecule has 0 fully saturated rings. The fraction of sp³-hybridized carbons (Fsp3) is 0.0500. The summed E-state index contributed by atoms with van der Waals surface area (Å²) in [7, 11) is 0. The lowest BCUT2D eigenvalue weighted by molar-refractivity contribution is -0.385. The van der Waals surface area contributed by atoms with Gasteiger partial charge >= 0.3 is 0 Å². The smallest absolute Gasteiger partial charge is 0.276 e. The van der Waals surface area contributed by atoms with Crippen LogP contribution in [0.3, 0.4) is 0 Å². The molecule has 146 valence electrons. The van der Waals surface area contributed by atoms with Gasteiger partial charge in [-0.2, -0.15) is 0 Å². The van der Waals surface area contributed by atoms with Crippen molar-refractivity contribution >= 4 is 45.7 Å². The Morgan fingerprint density at radius 1 is 1.10 bits per heavy atom. The van der Waals surface area contributed by atoms with Crippen LogP contribution in [0.15, 0.2) is 60.0 Å². The van der Waals surface area contributed by atoms with E-state index in [1.807, 2.05) is 12.1 Å². The van der Waals surface area contributed by atoms with Crippen LogP contribution in [0.4, 0.5) is 16.5 Å². The first-order valence-electron chi connectivity index (χ1n) is 8.48. The minimum absolute atomic E-state index is 0.0733. The van der Waals surface area contributed by atoms with Crippen molar-refractivity contribution in [1.29, 1.82) is 0 Å². The maximum absolute atomic E-state index is 12.1. The van der Waals surface area contributed by atoms with E-state index in [1.54, 1.807) is 35.7 Å². The van der Waals surface area contributed by atoms with Crippen molar-refractivity contribution in [3.8, 4) is 11.3 Å². The molecule has 2 amide bonds. The Labute approximate surface area is 170 Å². The number of nitro groups is 1. The van der Waals surface area contributed by atoms with Gasteiger partial charge in [0.1, 0.15) is 0 Å². The molecule has 1 heterocycles. The summed E-state index contributed by atoms with van der Waals surface area (Å²) in [6, 6.07) is 13.3. The molecule has 8 nitrogen and oxygen atoms in total. The van der Waals surface area contributed by atoms with Crippen molar-refractivity contribution in [3.05, 3.63) is 75.7 Å². The van der Waals surface area contributed by atoms with Gasteiger partial charge in [0.25, 0.3) is 5.69 Å². The summed E-state index contributed by atoms with van der Waals surface area (Å²) in [5.74, 6) is -0.588. The molecule has 3 rings (SSSR count). The van der Waals surface area contributed by atoms with E-state index in [2.05, 4.69) is 15.6 Å². The van der Waals surface area contributed by atoms with Crippen LogP contribution >= 0.6 is 11.3 Å². The number of rotatable bonds is 6. The van der Waals surface area contributed by atoms with Crippen LogP contribution in [-0.2, 0) is 9.59 Å². The average molecular weight is 408 g/mol. The lowest BCUT2D eigenvalue weighted by Crippen LogP contribution is -2.07. The van der Waals surface area contributed by atoms with Crippen molar-refractivity contribution in [2.24, 2.45) is 0 Å². The molecule has 0 aliphatic heterocycles. The second kappa shape index (κ2) is 8.89. The highest BCUT2D eigenvalue weighted by molar-refractivity contribution is 7.14. The molecule has 9 heteroatoms. The highest BCUT2D eigenvalue weighted by atomic mass is 32.1. The first-order chi connectivity index (χ1) is 13.9. The number of carbonyl (C=O) groups is 2. The van der Waals surface area contributed by atoms with Crippen molar-refractivity contribution in [1.82, 2.24) is 4.98 Å². The largest absolute Gasteiger partial charge is 0.326 e. The number of nitrogens with zero attached hydrogens (tertiary/aromatic N) is 2. The molecule has 0 aliphatic carbocycles. The van der Waals surface area contributed by atoms with Crippen LogP contribution in [0.2, 0.25) is 0 Å². The standard InChI is InChI=1S/C20H16N4O4S/c1-13(25)21-16-9-6-14(7-10-16)17-12-29-20(22-17)23-19(26)11-8-15-4-2-3-5-18(15)24(27)28/h2-12H,1H3,(H,21,25)(H,22,23,26)/b11-8+. The Bertz CT molecular complexity index is 1090.